The summed E-state index contributed by atoms with van der Waals surface area (Å²) in [6.45, 7) is 2.97. The van der Waals surface area contributed by atoms with Crippen molar-refractivity contribution in [1.82, 2.24) is 10.6 Å². The Labute approximate surface area is 83.4 Å². The molecule has 4 heteroatoms. The molecule has 80 valence electrons. The SMILES string of the molecule is CC1(C(=O)NC[C@@H]2C[C@H](F)CN2)CC1. The Hall–Kier alpha value is -0.640. The van der Waals surface area contributed by atoms with Gasteiger partial charge in [0.25, 0.3) is 0 Å². The summed E-state index contributed by atoms with van der Waals surface area (Å²) in [7, 11) is 0. The van der Waals surface area contributed by atoms with E-state index in [0.717, 1.165) is 12.8 Å². The number of hydrogen-bond acceptors (Lipinski definition) is 2. The number of alkyl halides is 1. The number of carbonyl (C=O) groups is 1. The molecule has 2 aliphatic rings. The van der Waals surface area contributed by atoms with Gasteiger partial charge in [0.2, 0.25) is 5.91 Å². The second kappa shape index (κ2) is 3.50. The van der Waals surface area contributed by atoms with Crippen LogP contribution < -0.4 is 10.6 Å². The molecule has 0 unspecified atom stereocenters. The van der Waals surface area contributed by atoms with Crippen molar-refractivity contribution in [2.24, 2.45) is 5.41 Å². The van der Waals surface area contributed by atoms with E-state index in [1.165, 1.54) is 0 Å². The third-order valence-corrected chi connectivity index (χ3v) is 3.23. The van der Waals surface area contributed by atoms with Gasteiger partial charge < -0.3 is 10.6 Å². The molecule has 0 bridgehead atoms. The van der Waals surface area contributed by atoms with Gasteiger partial charge in [0.1, 0.15) is 6.17 Å². The molecule has 1 saturated carbocycles. The van der Waals surface area contributed by atoms with E-state index in [1.54, 1.807) is 0 Å². The molecule has 0 radical (unpaired) electrons. The second-order valence-electron chi connectivity index (χ2n) is 4.71. The molecule has 1 aliphatic carbocycles. The smallest absolute Gasteiger partial charge is 0.225 e. The molecule has 3 nitrogen and oxygen atoms in total. The Morgan fingerprint density at radius 1 is 1.64 bits per heavy atom. The van der Waals surface area contributed by atoms with Gasteiger partial charge in [-0.1, -0.05) is 6.92 Å². The van der Waals surface area contributed by atoms with Crippen molar-refractivity contribution in [2.45, 2.75) is 38.4 Å². The van der Waals surface area contributed by atoms with Crippen molar-refractivity contribution in [2.75, 3.05) is 13.1 Å². The minimum atomic E-state index is -0.742. The van der Waals surface area contributed by atoms with Crippen LogP contribution in [0.4, 0.5) is 4.39 Å². The van der Waals surface area contributed by atoms with Crippen LogP contribution in [0, 0.1) is 5.41 Å². The first-order valence-electron chi connectivity index (χ1n) is 5.26. The van der Waals surface area contributed by atoms with E-state index in [2.05, 4.69) is 10.6 Å². The van der Waals surface area contributed by atoms with Crippen LogP contribution in [0.25, 0.3) is 0 Å². The molecule has 1 amide bonds. The lowest BCUT2D eigenvalue weighted by Crippen LogP contribution is -2.39. The fraction of sp³-hybridized carbons (Fsp3) is 0.900. The van der Waals surface area contributed by atoms with E-state index in [1.807, 2.05) is 6.92 Å². The summed E-state index contributed by atoms with van der Waals surface area (Å²) < 4.78 is 12.8. The predicted molar refractivity (Wildman–Crippen MR) is 51.7 cm³/mol. The first-order valence-corrected chi connectivity index (χ1v) is 5.26. The van der Waals surface area contributed by atoms with Gasteiger partial charge in [-0.2, -0.15) is 0 Å². The third-order valence-electron chi connectivity index (χ3n) is 3.23. The highest BCUT2D eigenvalue weighted by atomic mass is 19.1. The van der Waals surface area contributed by atoms with E-state index >= 15 is 0 Å². The van der Waals surface area contributed by atoms with Crippen LogP contribution in [-0.2, 0) is 4.79 Å². The molecule has 0 aromatic rings. The molecule has 2 fully saturated rings. The summed E-state index contributed by atoms with van der Waals surface area (Å²) in [6, 6.07) is 0.122. The summed E-state index contributed by atoms with van der Waals surface area (Å²) in [4.78, 5) is 11.5. The van der Waals surface area contributed by atoms with Gasteiger partial charge in [-0.3, -0.25) is 4.79 Å². The highest BCUT2D eigenvalue weighted by Crippen LogP contribution is 2.44. The van der Waals surface area contributed by atoms with Gasteiger partial charge in [-0.15, -0.1) is 0 Å². The minimum absolute atomic E-state index is 0.117. The predicted octanol–water partition coefficient (Wildman–Crippen LogP) is 0.603. The normalized spacial score (nSPS) is 34.1. The van der Waals surface area contributed by atoms with Crippen LogP contribution in [0.3, 0.4) is 0 Å². The Morgan fingerprint density at radius 2 is 2.36 bits per heavy atom. The van der Waals surface area contributed by atoms with Crippen LogP contribution in [0.2, 0.25) is 0 Å². The number of nitrogens with one attached hydrogen (secondary N) is 2. The van der Waals surface area contributed by atoms with Gasteiger partial charge >= 0.3 is 0 Å². The highest BCUT2D eigenvalue weighted by molar-refractivity contribution is 5.84. The van der Waals surface area contributed by atoms with Crippen LogP contribution >= 0.6 is 0 Å². The van der Waals surface area contributed by atoms with Crippen LogP contribution in [0.5, 0.6) is 0 Å². The van der Waals surface area contributed by atoms with E-state index in [9.17, 15) is 9.18 Å². The average molecular weight is 200 g/mol. The van der Waals surface area contributed by atoms with E-state index in [-0.39, 0.29) is 17.4 Å². The maximum absolute atomic E-state index is 12.8. The van der Waals surface area contributed by atoms with E-state index < -0.39 is 6.17 Å². The number of hydrogen-bond donors (Lipinski definition) is 2. The Bertz CT molecular complexity index is 240. The lowest BCUT2D eigenvalue weighted by Gasteiger charge is -2.13. The van der Waals surface area contributed by atoms with Gasteiger partial charge in [-0.05, 0) is 19.3 Å². The second-order valence-corrected chi connectivity index (χ2v) is 4.71. The van der Waals surface area contributed by atoms with Crippen molar-refractivity contribution in [3.05, 3.63) is 0 Å². The van der Waals surface area contributed by atoms with E-state index in [0.29, 0.717) is 19.5 Å². The lowest BCUT2D eigenvalue weighted by molar-refractivity contribution is -0.125. The molecule has 0 spiro atoms. The Kier molecular flexibility index (Phi) is 2.47. The summed E-state index contributed by atoms with van der Waals surface area (Å²) in [5, 5.41) is 5.92. The van der Waals surface area contributed by atoms with Crippen LogP contribution in [0.15, 0.2) is 0 Å². The van der Waals surface area contributed by atoms with Gasteiger partial charge in [0, 0.05) is 24.5 Å². The summed E-state index contributed by atoms with van der Waals surface area (Å²) >= 11 is 0. The van der Waals surface area contributed by atoms with Crippen molar-refractivity contribution >= 4 is 5.91 Å². The molecular weight excluding hydrogens is 183 g/mol. The Morgan fingerprint density at radius 3 is 2.86 bits per heavy atom. The molecule has 1 aliphatic heterocycles. The lowest BCUT2D eigenvalue weighted by atomic mass is 10.1. The molecule has 14 heavy (non-hydrogen) atoms. The third kappa shape index (κ3) is 2.05. The summed E-state index contributed by atoms with van der Waals surface area (Å²) in [5.74, 6) is 0.126. The van der Waals surface area contributed by atoms with Crippen LogP contribution in [-0.4, -0.2) is 31.2 Å². The van der Waals surface area contributed by atoms with Crippen molar-refractivity contribution in [3.63, 3.8) is 0 Å². The molecule has 2 atom stereocenters. The molecule has 0 aromatic heterocycles. The van der Waals surface area contributed by atoms with Crippen LogP contribution in [0.1, 0.15) is 26.2 Å². The molecule has 1 saturated heterocycles. The largest absolute Gasteiger partial charge is 0.354 e. The molecular formula is C10H17FN2O. The van der Waals surface area contributed by atoms with E-state index in [4.69, 9.17) is 0 Å². The standard InChI is InChI=1S/C10H17FN2O/c1-10(2-3-10)9(14)13-6-8-4-7(11)5-12-8/h7-8,12H,2-6H2,1H3,(H,13,14)/t7-,8-/m0/s1. The monoisotopic (exact) mass is 200 g/mol. The topological polar surface area (TPSA) is 41.1 Å². The molecule has 2 rings (SSSR count). The van der Waals surface area contributed by atoms with Crippen molar-refractivity contribution in [3.8, 4) is 0 Å². The van der Waals surface area contributed by atoms with Gasteiger partial charge in [-0.25, -0.2) is 4.39 Å². The van der Waals surface area contributed by atoms with Crippen molar-refractivity contribution in [1.29, 1.82) is 0 Å². The highest BCUT2D eigenvalue weighted by Gasteiger charge is 2.44. The maximum atomic E-state index is 12.8. The first-order chi connectivity index (χ1) is 6.60. The fourth-order valence-corrected chi connectivity index (χ4v) is 1.77. The zero-order chi connectivity index (χ0) is 10.2. The number of amides is 1. The quantitative estimate of drug-likeness (QED) is 0.700. The number of rotatable bonds is 3. The summed E-state index contributed by atoms with van der Waals surface area (Å²) in [5.41, 5.74) is -0.117. The molecule has 2 N–H and O–H groups in total. The zero-order valence-electron chi connectivity index (χ0n) is 8.48. The van der Waals surface area contributed by atoms with Gasteiger partial charge in [0.15, 0.2) is 0 Å². The average Bonchev–Trinajstić information content (AvgIpc) is 2.76. The maximum Gasteiger partial charge on any atom is 0.225 e. The summed E-state index contributed by atoms with van der Waals surface area (Å²) in [6.07, 6.45) is 1.76. The number of carbonyl (C=O) groups excluding carboxylic acids is 1. The molecule has 1 heterocycles. The van der Waals surface area contributed by atoms with Gasteiger partial charge in [0.05, 0.1) is 0 Å². The Balaban J connectivity index is 1.70. The van der Waals surface area contributed by atoms with Crippen molar-refractivity contribution < 1.29 is 9.18 Å². The minimum Gasteiger partial charge on any atom is -0.354 e. The number of halogens is 1. The molecule has 0 aromatic carbocycles. The first kappa shape index (κ1) is 9.90. The fourth-order valence-electron chi connectivity index (χ4n) is 1.77. The zero-order valence-corrected chi connectivity index (χ0v) is 8.48.